The molecule has 88 valence electrons. The van der Waals surface area contributed by atoms with E-state index in [1.807, 2.05) is 0 Å². The fourth-order valence-electron chi connectivity index (χ4n) is 1.25. The number of carboxylic acids is 1. The van der Waals surface area contributed by atoms with Crippen LogP contribution in [0.4, 0.5) is 0 Å². The minimum atomic E-state index is -1.02. The molecule has 0 aliphatic carbocycles. The molecule has 0 fully saturated rings. The summed E-state index contributed by atoms with van der Waals surface area (Å²) in [7, 11) is 0. The lowest BCUT2D eigenvalue weighted by atomic mass is 10.3. The number of furan rings is 1. The molecule has 2 aromatic rings. The first-order chi connectivity index (χ1) is 8.15. The van der Waals surface area contributed by atoms with Crippen LogP contribution in [0.1, 0.15) is 16.1 Å². The molecule has 2 rings (SSSR count). The number of carboxylic acid groups (broad SMARTS) is 1. The third-order valence-corrected chi connectivity index (χ3v) is 2.35. The third-order valence-electron chi connectivity index (χ3n) is 2.10. The topological polar surface area (TPSA) is 59.7 Å². The lowest BCUT2D eigenvalue weighted by molar-refractivity contribution is 0.0696. The summed E-state index contributed by atoms with van der Waals surface area (Å²) < 4.78 is 10.4. The van der Waals surface area contributed by atoms with Gasteiger partial charge in [-0.05, 0) is 30.3 Å². The van der Waals surface area contributed by atoms with Crippen molar-refractivity contribution in [1.82, 2.24) is 0 Å². The molecule has 4 nitrogen and oxygen atoms in total. The highest BCUT2D eigenvalue weighted by molar-refractivity contribution is 6.30. The number of ether oxygens (including phenoxy) is 1. The van der Waals surface area contributed by atoms with Crippen molar-refractivity contribution in [2.75, 3.05) is 0 Å². The van der Waals surface area contributed by atoms with Crippen molar-refractivity contribution in [3.05, 3.63) is 52.9 Å². The normalized spacial score (nSPS) is 10.2. The highest BCUT2D eigenvalue weighted by Gasteiger charge is 2.08. The van der Waals surface area contributed by atoms with Crippen LogP contribution in [0.15, 0.2) is 41.0 Å². The minimum absolute atomic E-state index is 0.111. The molecule has 0 amide bonds. The molecule has 0 radical (unpaired) electrons. The molecule has 17 heavy (non-hydrogen) atoms. The average molecular weight is 253 g/mol. The Morgan fingerprint density at radius 1 is 1.35 bits per heavy atom. The van der Waals surface area contributed by atoms with Crippen molar-refractivity contribution >= 4 is 17.6 Å². The Hall–Kier alpha value is -1.94. The van der Waals surface area contributed by atoms with Gasteiger partial charge < -0.3 is 14.3 Å². The first kappa shape index (κ1) is 11.5. The maximum atomic E-state index is 10.6. The van der Waals surface area contributed by atoms with Gasteiger partial charge in [0.25, 0.3) is 0 Å². The van der Waals surface area contributed by atoms with Crippen LogP contribution in [0.5, 0.6) is 5.75 Å². The van der Waals surface area contributed by atoms with Crippen LogP contribution in [0.3, 0.4) is 0 Å². The molecule has 0 saturated heterocycles. The summed E-state index contributed by atoms with van der Waals surface area (Å²) in [5.74, 6) is 0.0755. The summed E-state index contributed by atoms with van der Waals surface area (Å²) in [4.78, 5) is 10.6. The van der Waals surface area contributed by atoms with Crippen molar-refractivity contribution in [3.8, 4) is 5.75 Å². The highest BCUT2D eigenvalue weighted by atomic mass is 35.5. The zero-order chi connectivity index (χ0) is 12.3. The molecule has 1 aromatic heterocycles. The Morgan fingerprint density at radius 3 is 2.65 bits per heavy atom. The first-order valence-corrected chi connectivity index (χ1v) is 5.22. The number of rotatable bonds is 4. The van der Waals surface area contributed by atoms with Gasteiger partial charge in [0, 0.05) is 5.02 Å². The minimum Gasteiger partial charge on any atom is -0.486 e. The van der Waals surface area contributed by atoms with Gasteiger partial charge in [0.15, 0.2) is 0 Å². The maximum absolute atomic E-state index is 10.6. The molecule has 0 aliphatic rings. The van der Waals surface area contributed by atoms with Crippen LogP contribution in [0, 0.1) is 0 Å². The van der Waals surface area contributed by atoms with Crippen LogP contribution < -0.4 is 4.74 Å². The van der Waals surface area contributed by atoms with Gasteiger partial charge in [-0.15, -0.1) is 0 Å². The third kappa shape index (κ3) is 3.01. The summed E-state index contributed by atoms with van der Waals surface area (Å²) in [5, 5.41) is 9.33. The zero-order valence-electron chi connectivity index (χ0n) is 8.72. The maximum Gasteiger partial charge on any atom is 0.338 e. The molecule has 0 saturated carbocycles. The largest absolute Gasteiger partial charge is 0.486 e. The van der Waals surface area contributed by atoms with Crippen molar-refractivity contribution in [3.63, 3.8) is 0 Å². The Morgan fingerprint density at radius 2 is 2.06 bits per heavy atom. The molecule has 5 heteroatoms. The highest BCUT2D eigenvalue weighted by Crippen LogP contribution is 2.17. The molecule has 1 heterocycles. The predicted octanol–water partition coefficient (Wildman–Crippen LogP) is 3.21. The molecular formula is C12H9ClO4. The number of hydrogen-bond acceptors (Lipinski definition) is 3. The number of carbonyl (C=O) groups is 1. The fourth-order valence-corrected chi connectivity index (χ4v) is 1.38. The van der Waals surface area contributed by atoms with Crippen molar-refractivity contribution in [2.24, 2.45) is 0 Å². The fraction of sp³-hybridized carbons (Fsp3) is 0.0833. The van der Waals surface area contributed by atoms with E-state index >= 15 is 0 Å². The average Bonchev–Trinajstić information content (AvgIpc) is 2.77. The van der Waals surface area contributed by atoms with Gasteiger partial charge in [0.1, 0.15) is 24.4 Å². The van der Waals surface area contributed by atoms with E-state index in [9.17, 15) is 4.79 Å². The van der Waals surface area contributed by atoms with Crippen LogP contribution >= 0.6 is 11.6 Å². The SMILES string of the molecule is O=C(O)c1coc(COc2ccc(Cl)cc2)c1. The summed E-state index contributed by atoms with van der Waals surface area (Å²) >= 11 is 5.73. The lowest BCUT2D eigenvalue weighted by Crippen LogP contribution is -1.95. The Labute approximate surface area is 102 Å². The number of hydrogen-bond donors (Lipinski definition) is 1. The van der Waals surface area contributed by atoms with E-state index in [1.54, 1.807) is 24.3 Å². The first-order valence-electron chi connectivity index (χ1n) is 4.84. The lowest BCUT2D eigenvalue weighted by Gasteiger charge is -2.03. The number of benzene rings is 1. The van der Waals surface area contributed by atoms with E-state index in [0.717, 1.165) is 0 Å². The van der Waals surface area contributed by atoms with Gasteiger partial charge in [-0.2, -0.15) is 0 Å². The molecule has 0 aliphatic heterocycles. The standard InChI is InChI=1S/C12H9ClO4/c13-9-1-3-10(4-2-9)17-7-11-5-8(6-16-11)12(14)15/h1-6H,7H2,(H,14,15). The Kier molecular flexibility index (Phi) is 3.35. The number of aromatic carboxylic acids is 1. The molecule has 0 spiro atoms. The molecule has 0 unspecified atom stereocenters. The van der Waals surface area contributed by atoms with E-state index < -0.39 is 5.97 Å². The summed E-state index contributed by atoms with van der Waals surface area (Å²) in [5.41, 5.74) is 0.111. The van der Waals surface area contributed by atoms with Crippen molar-refractivity contribution in [2.45, 2.75) is 6.61 Å². The van der Waals surface area contributed by atoms with Gasteiger partial charge in [-0.25, -0.2) is 4.79 Å². The van der Waals surface area contributed by atoms with Gasteiger partial charge in [-0.3, -0.25) is 0 Å². The Bertz CT molecular complexity index is 516. The van der Waals surface area contributed by atoms with Crippen molar-refractivity contribution in [1.29, 1.82) is 0 Å². The van der Waals surface area contributed by atoms with Gasteiger partial charge in [0.2, 0.25) is 0 Å². The van der Waals surface area contributed by atoms with Crippen LogP contribution in [0.25, 0.3) is 0 Å². The molecule has 0 atom stereocenters. The summed E-state index contributed by atoms with van der Waals surface area (Å²) in [6.07, 6.45) is 1.18. The van der Waals surface area contributed by atoms with Gasteiger partial charge in [-0.1, -0.05) is 11.6 Å². The van der Waals surface area contributed by atoms with E-state index in [4.69, 9.17) is 25.9 Å². The predicted molar refractivity (Wildman–Crippen MR) is 61.5 cm³/mol. The molecular weight excluding hydrogens is 244 g/mol. The van der Waals surface area contributed by atoms with Crippen LogP contribution in [0.2, 0.25) is 5.02 Å². The second kappa shape index (κ2) is 4.93. The molecule has 1 aromatic carbocycles. The number of halogens is 1. The van der Waals surface area contributed by atoms with E-state index in [-0.39, 0.29) is 12.2 Å². The van der Waals surface area contributed by atoms with Crippen molar-refractivity contribution < 1.29 is 19.1 Å². The Balaban J connectivity index is 1.97. The summed E-state index contributed by atoms with van der Waals surface area (Å²) in [6, 6.07) is 8.30. The second-order valence-electron chi connectivity index (χ2n) is 3.35. The zero-order valence-corrected chi connectivity index (χ0v) is 9.48. The van der Waals surface area contributed by atoms with Gasteiger partial charge in [0.05, 0.1) is 5.56 Å². The quantitative estimate of drug-likeness (QED) is 0.908. The van der Waals surface area contributed by atoms with E-state index in [2.05, 4.69) is 0 Å². The van der Waals surface area contributed by atoms with Crippen LogP contribution in [-0.2, 0) is 6.61 Å². The smallest absolute Gasteiger partial charge is 0.338 e. The summed E-state index contributed by atoms with van der Waals surface area (Å²) in [6.45, 7) is 0.176. The van der Waals surface area contributed by atoms with Crippen LogP contribution in [-0.4, -0.2) is 11.1 Å². The second-order valence-corrected chi connectivity index (χ2v) is 3.79. The monoisotopic (exact) mass is 252 g/mol. The van der Waals surface area contributed by atoms with E-state index in [0.29, 0.717) is 16.5 Å². The van der Waals surface area contributed by atoms with Gasteiger partial charge >= 0.3 is 5.97 Å². The van der Waals surface area contributed by atoms with E-state index in [1.165, 1.54) is 12.3 Å². The molecule has 1 N–H and O–H groups in total. The molecule has 0 bridgehead atoms.